The van der Waals surface area contributed by atoms with E-state index < -0.39 is 24.1 Å². The van der Waals surface area contributed by atoms with E-state index in [9.17, 15) is 14.4 Å². The van der Waals surface area contributed by atoms with Gasteiger partial charge in [0.2, 0.25) is 0 Å². The highest BCUT2D eigenvalue weighted by molar-refractivity contribution is 6.00. The van der Waals surface area contributed by atoms with E-state index >= 15 is 0 Å². The van der Waals surface area contributed by atoms with Crippen LogP contribution in [0.1, 0.15) is 15.9 Å². The molecule has 1 fully saturated rings. The first-order valence-electron chi connectivity index (χ1n) is 4.90. The average molecular weight is 235 g/mol. The van der Waals surface area contributed by atoms with Crippen molar-refractivity contribution in [1.82, 2.24) is 5.32 Å². The molecule has 0 spiro atoms. The van der Waals surface area contributed by atoms with Gasteiger partial charge in [-0.3, -0.25) is 10.1 Å². The van der Waals surface area contributed by atoms with Crippen molar-refractivity contribution in [3.05, 3.63) is 35.4 Å². The average Bonchev–Trinajstić information content (AvgIpc) is 2.58. The Labute approximate surface area is 96.2 Å². The highest BCUT2D eigenvalue weighted by atomic mass is 16.6. The van der Waals surface area contributed by atoms with Crippen LogP contribution in [0.25, 0.3) is 0 Å². The molecule has 88 valence electrons. The van der Waals surface area contributed by atoms with Crippen LogP contribution < -0.4 is 5.32 Å². The zero-order valence-electron chi connectivity index (χ0n) is 8.67. The topological polar surface area (TPSA) is 92.7 Å². The van der Waals surface area contributed by atoms with Gasteiger partial charge < -0.3 is 9.84 Å². The summed E-state index contributed by atoms with van der Waals surface area (Å²) in [5, 5.41) is 10.7. The fraction of sp³-hybridized carbons (Fsp3) is 0.182. The number of aromatic carboxylic acids is 1. The minimum Gasteiger partial charge on any atom is -0.478 e. The third-order valence-electron chi connectivity index (χ3n) is 2.39. The van der Waals surface area contributed by atoms with Gasteiger partial charge in [0.25, 0.3) is 5.91 Å². The van der Waals surface area contributed by atoms with E-state index in [1.165, 1.54) is 12.1 Å². The Bertz CT molecular complexity index is 479. The molecule has 1 aliphatic rings. The monoisotopic (exact) mass is 235 g/mol. The summed E-state index contributed by atoms with van der Waals surface area (Å²) in [6.07, 6.45) is -1.35. The van der Waals surface area contributed by atoms with Gasteiger partial charge in [-0.2, -0.15) is 0 Å². The van der Waals surface area contributed by atoms with Crippen LogP contribution >= 0.6 is 0 Å². The summed E-state index contributed by atoms with van der Waals surface area (Å²) >= 11 is 0. The summed E-state index contributed by atoms with van der Waals surface area (Å²) in [5.74, 6) is -1.49. The largest absolute Gasteiger partial charge is 0.478 e. The van der Waals surface area contributed by atoms with Crippen molar-refractivity contribution in [3.8, 4) is 0 Å². The van der Waals surface area contributed by atoms with Gasteiger partial charge in [-0.05, 0) is 17.7 Å². The standard InChI is InChI=1S/C11H9NO5/c13-9-8(17-11(16)12-9)5-6-1-3-7(4-2-6)10(14)15/h1-4,8H,5H2,(H,14,15)(H,12,13,16). The van der Waals surface area contributed by atoms with Gasteiger partial charge in [0.1, 0.15) is 0 Å². The van der Waals surface area contributed by atoms with E-state index in [0.29, 0.717) is 0 Å². The lowest BCUT2D eigenvalue weighted by Crippen LogP contribution is -2.25. The highest BCUT2D eigenvalue weighted by Gasteiger charge is 2.31. The first-order chi connectivity index (χ1) is 8.06. The molecule has 1 saturated heterocycles. The molecule has 0 aromatic heterocycles. The summed E-state index contributed by atoms with van der Waals surface area (Å²) in [5.41, 5.74) is 0.895. The molecule has 1 heterocycles. The minimum absolute atomic E-state index is 0.168. The van der Waals surface area contributed by atoms with E-state index in [1.54, 1.807) is 12.1 Å². The van der Waals surface area contributed by atoms with Gasteiger partial charge in [0, 0.05) is 6.42 Å². The van der Waals surface area contributed by atoms with Crippen LogP contribution in [-0.2, 0) is 16.0 Å². The van der Waals surface area contributed by atoms with Crippen LogP contribution in [0.3, 0.4) is 0 Å². The number of carboxylic acid groups (broad SMARTS) is 1. The Balaban J connectivity index is 2.07. The maximum absolute atomic E-state index is 11.2. The van der Waals surface area contributed by atoms with Crippen LogP contribution in [-0.4, -0.2) is 29.2 Å². The Hall–Kier alpha value is -2.37. The van der Waals surface area contributed by atoms with Crippen molar-refractivity contribution in [1.29, 1.82) is 0 Å². The predicted octanol–water partition coefficient (Wildman–Crippen LogP) is 0.562. The third-order valence-corrected chi connectivity index (χ3v) is 2.39. The lowest BCUT2D eigenvalue weighted by atomic mass is 10.1. The molecule has 1 aromatic carbocycles. The maximum Gasteiger partial charge on any atom is 0.414 e. The summed E-state index contributed by atoms with van der Waals surface area (Å²) in [6.45, 7) is 0. The molecule has 1 unspecified atom stereocenters. The molecule has 6 nitrogen and oxygen atoms in total. The van der Waals surface area contributed by atoms with Crippen LogP contribution in [0.2, 0.25) is 0 Å². The first-order valence-corrected chi connectivity index (χ1v) is 4.90. The second kappa shape index (κ2) is 4.25. The molecule has 0 radical (unpaired) electrons. The van der Waals surface area contributed by atoms with Gasteiger partial charge in [-0.15, -0.1) is 0 Å². The minimum atomic E-state index is -1.01. The smallest absolute Gasteiger partial charge is 0.414 e. The van der Waals surface area contributed by atoms with E-state index in [4.69, 9.17) is 9.84 Å². The molecule has 6 heteroatoms. The number of hydrogen-bond acceptors (Lipinski definition) is 4. The normalized spacial score (nSPS) is 18.7. The van der Waals surface area contributed by atoms with E-state index in [0.717, 1.165) is 5.56 Å². The lowest BCUT2D eigenvalue weighted by molar-refractivity contribution is -0.123. The lowest BCUT2D eigenvalue weighted by Gasteiger charge is -2.06. The number of carboxylic acids is 1. The molecule has 2 N–H and O–H groups in total. The number of carbonyl (C=O) groups is 3. The zero-order valence-corrected chi connectivity index (χ0v) is 8.67. The summed E-state index contributed by atoms with van der Waals surface area (Å²) < 4.78 is 4.74. The number of hydrogen-bond donors (Lipinski definition) is 2. The number of imide groups is 1. The summed E-state index contributed by atoms with van der Waals surface area (Å²) in [7, 11) is 0. The van der Waals surface area contributed by atoms with Crippen molar-refractivity contribution in [2.45, 2.75) is 12.5 Å². The summed E-state index contributed by atoms with van der Waals surface area (Å²) in [6, 6.07) is 6.05. The van der Waals surface area contributed by atoms with Crippen molar-refractivity contribution >= 4 is 18.0 Å². The van der Waals surface area contributed by atoms with Gasteiger partial charge in [-0.25, -0.2) is 9.59 Å². The fourth-order valence-electron chi connectivity index (χ4n) is 1.53. The first kappa shape index (κ1) is 11.1. The molecule has 0 saturated carbocycles. The zero-order chi connectivity index (χ0) is 12.4. The quantitative estimate of drug-likeness (QED) is 0.798. The van der Waals surface area contributed by atoms with Gasteiger partial charge in [0.05, 0.1) is 5.56 Å². The molecule has 2 amide bonds. The molecule has 1 atom stereocenters. The number of alkyl carbamates (subject to hydrolysis) is 1. The van der Waals surface area contributed by atoms with E-state index in [1.807, 2.05) is 5.32 Å². The number of amides is 2. The number of nitrogens with one attached hydrogen (secondary N) is 1. The molecule has 0 bridgehead atoms. The third kappa shape index (κ3) is 2.41. The Morgan fingerprint density at radius 3 is 2.41 bits per heavy atom. The Kier molecular flexibility index (Phi) is 2.78. The molecular weight excluding hydrogens is 226 g/mol. The van der Waals surface area contributed by atoms with Crippen molar-refractivity contribution in [2.75, 3.05) is 0 Å². The Morgan fingerprint density at radius 2 is 1.94 bits per heavy atom. The number of carbonyl (C=O) groups excluding carboxylic acids is 2. The van der Waals surface area contributed by atoms with Crippen LogP contribution in [0, 0.1) is 0 Å². The van der Waals surface area contributed by atoms with Crippen LogP contribution in [0.15, 0.2) is 24.3 Å². The van der Waals surface area contributed by atoms with Crippen molar-refractivity contribution < 1.29 is 24.2 Å². The maximum atomic E-state index is 11.2. The number of cyclic esters (lactones) is 1. The summed E-state index contributed by atoms with van der Waals surface area (Å²) in [4.78, 5) is 32.6. The van der Waals surface area contributed by atoms with Crippen molar-refractivity contribution in [3.63, 3.8) is 0 Å². The fourth-order valence-corrected chi connectivity index (χ4v) is 1.53. The van der Waals surface area contributed by atoms with Crippen molar-refractivity contribution in [2.24, 2.45) is 0 Å². The molecular formula is C11H9NO5. The highest BCUT2D eigenvalue weighted by Crippen LogP contribution is 2.12. The second-order valence-electron chi connectivity index (χ2n) is 3.59. The molecule has 1 aromatic rings. The number of ether oxygens (including phenoxy) is 1. The molecule has 0 aliphatic carbocycles. The van der Waals surface area contributed by atoms with Gasteiger partial charge in [-0.1, -0.05) is 12.1 Å². The Morgan fingerprint density at radius 1 is 1.29 bits per heavy atom. The molecule has 2 rings (SSSR count). The predicted molar refractivity (Wildman–Crippen MR) is 55.5 cm³/mol. The van der Waals surface area contributed by atoms with Gasteiger partial charge >= 0.3 is 12.1 Å². The SMILES string of the molecule is O=C1NC(=O)C(Cc2ccc(C(=O)O)cc2)O1. The molecule has 17 heavy (non-hydrogen) atoms. The second-order valence-corrected chi connectivity index (χ2v) is 3.59. The number of benzene rings is 1. The number of rotatable bonds is 3. The van der Waals surface area contributed by atoms with E-state index in [2.05, 4.69) is 0 Å². The van der Waals surface area contributed by atoms with Gasteiger partial charge in [0.15, 0.2) is 6.10 Å². The molecule has 1 aliphatic heterocycles. The van der Waals surface area contributed by atoms with E-state index in [-0.39, 0.29) is 12.0 Å². The van der Waals surface area contributed by atoms with Crippen LogP contribution in [0.5, 0.6) is 0 Å². The van der Waals surface area contributed by atoms with Crippen LogP contribution in [0.4, 0.5) is 4.79 Å².